The molecule has 15 heavy (non-hydrogen) atoms. The van der Waals surface area contributed by atoms with E-state index in [4.69, 9.17) is 4.52 Å². The van der Waals surface area contributed by atoms with Crippen LogP contribution in [-0.2, 0) is 6.54 Å². The van der Waals surface area contributed by atoms with E-state index in [1.807, 2.05) is 32.0 Å². The van der Waals surface area contributed by atoms with E-state index in [2.05, 4.69) is 15.5 Å². The van der Waals surface area contributed by atoms with Gasteiger partial charge in [-0.05, 0) is 26.0 Å². The molecule has 0 atom stereocenters. The number of anilines is 1. The molecule has 0 fully saturated rings. The molecule has 0 aliphatic heterocycles. The van der Waals surface area contributed by atoms with Gasteiger partial charge in [0, 0.05) is 23.6 Å². The Labute approximate surface area is 88.3 Å². The van der Waals surface area contributed by atoms with E-state index in [-0.39, 0.29) is 0 Å². The quantitative estimate of drug-likeness (QED) is 0.831. The smallest absolute Gasteiger partial charge is 0.156 e. The van der Waals surface area contributed by atoms with Crippen LogP contribution in [0.2, 0.25) is 0 Å². The Kier molecular flexibility index (Phi) is 2.67. The van der Waals surface area contributed by atoms with Gasteiger partial charge in [0.05, 0.1) is 12.2 Å². The standard InChI is InChI=1S/C11H13N3O/c1-8-5-10(3-4-12-8)13-7-11-6-9(2)14-15-11/h3-6H,7H2,1-2H3,(H,12,13). The maximum absolute atomic E-state index is 5.09. The zero-order chi connectivity index (χ0) is 10.7. The summed E-state index contributed by atoms with van der Waals surface area (Å²) in [5.41, 5.74) is 2.93. The van der Waals surface area contributed by atoms with Crippen molar-refractivity contribution >= 4 is 5.69 Å². The molecule has 0 aliphatic rings. The van der Waals surface area contributed by atoms with Gasteiger partial charge in [-0.3, -0.25) is 4.98 Å². The average Bonchev–Trinajstić information content (AvgIpc) is 2.62. The third kappa shape index (κ3) is 2.56. The number of pyridine rings is 1. The molecule has 0 radical (unpaired) electrons. The number of rotatable bonds is 3. The summed E-state index contributed by atoms with van der Waals surface area (Å²) in [4.78, 5) is 4.12. The highest BCUT2D eigenvalue weighted by molar-refractivity contribution is 5.43. The summed E-state index contributed by atoms with van der Waals surface area (Å²) in [5, 5.41) is 7.06. The van der Waals surface area contributed by atoms with Crippen LogP contribution in [0.4, 0.5) is 5.69 Å². The molecule has 2 aromatic heterocycles. The second-order valence-electron chi connectivity index (χ2n) is 3.47. The monoisotopic (exact) mass is 203 g/mol. The topological polar surface area (TPSA) is 51.0 Å². The molecule has 0 bridgehead atoms. The number of hydrogen-bond donors (Lipinski definition) is 1. The largest absolute Gasteiger partial charge is 0.378 e. The summed E-state index contributed by atoms with van der Waals surface area (Å²) < 4.78 is 5.09. The molecule has 2 heterocycles. The third-order valence-corrected chi connectivity index (χ3v) is 2.04. The SMILES string of the molecule is Cc1cc(NCc2cc(C)no2)ccn1. The normalized spacial score (nSPS) is 10.3. The lowest BCUT2D eigenvalue weighted by Crippen LogP contribution is -1.98. The van der Waals surface area contributed by atoms with E-state index < -0.39 is 0 Å². The molecule has 0 aliphatic carbocycles. The highest BCUT2D eigenvalue weighted by Crippen LogP contribution is 2.10. The fourth-order valence-corrected chi connectivity index (χ4v) is 1.34. The number of hydrogen-bond acceptors (Lipinski definition) is 4. The summed E-state index contributed by atoms with van der Waals surface area (Å²) in [7, 11) is 0. The van der Waals surface area contributed by atoms with Crippen molar-refractivity contribution in [2.24, 2.45) is 0 Å². The molecule has 0 spiro atoms. The Hall–Kier alpha value is -1.84. The number of nitrogens with zero attached hydrogens (tertiary/aromatic N) is 2. The molecule has 0 saturated heterocycles. The van der Waals surface area contributed by atoms with E-state index in [1.165, 1.54) is 0 Å². The van der Waals surface area contributed by atoms with Crippen molar-refractivity contribution in [1.29, 1.82) is 0 Å². The first-order valence-corrected chi connectivity index (χ1v) is 4.83. The molecule has 0 saturated carbocycles. The summed E-state index contributed by atoms with van der Waals surface area (Å²) in [6.45, 7) is 4.51. The van der Waals surface area contributed by atoms with Crippen molar-refractivity contribution in [2.45, 2.75) is 20.4 Å². The molecule has 1 N–H and O–H groups in total. The van der Waals surface area contributed by atoms with Crippen LogP contribution >= 0.6 is 0 Å². The minimum absolute atomic E-state index is 0.643. The van der Waals surface area contributed by atoms with Crippen molar-refractivity contribution in [3.63, 3.8) is 0 Å². The molecule has 2 aromatic rings. The highest BCUT2D eigenvalue weighted by atomic mass is 16.5. The van der Waals surface area contributed by atoms with Crippen molar-refractivity contribution < 1.29 is 4.52 Å². The van der Waals surface area contributed by atoms with Crippen molar-refractivity contribution in [3.05, 3.63) is 41.5 Å². The Morgan fingerprint density at radius 3 is 2.80 bits per heavy atom. The number of aromatic nitrogens is 2. The molecule has 4 nitrogen and oxygen atoms in total. The molecule has 0 amide bonds. The fourth-order valence-electron chi connectivity index (χ4n) is 1.34. The van der Waals surface area contributed by atoms with E-state index >= 15 is 0 Å². The minimum atomic E-state index is 0.643. The summed E-state index contributed by atoms with van der Waals surface area (Å²) in [6, 6.07) is 5.83. The van der Waals surface area contributed by atoms with Crippen LogP contribution in [0, 0.1) is 13.8 Å². The molecular formula is C11H13N3O. The first-order valence-electron chi connectivity index (χ1n) is 4.83. The summed E-state index contributed by atoms with van der Waals surface area (Å²) in [5.74, 6) is 0.835. The summed E-state index contributed by atoms with van der Waals surface area (Å²) >= 11 is 0. The zero-order valence-electron chi connectivity index (χ0n) is 8.82. The highest BCUT2D eigenvalue weighted by Gasteiger charge is 2.00. The molecule has 0 aromatic carbocycles. The van der Waals surface area contributed by atoms with E-state index in [0.29, 0.717) is 6.54 Å². The van der Waals surface area contributed by atoms with Gasteiger partial charge in [-0.2, -0.15) is 0 Å². The van der Waals surface area contributed by atoms with Crippen LogP contribution in [0.1, 0.15) is 17.1 Å². The van der Waals surface area contributed by atoms with Gasteiger partial charge in [-0.25, -0.2) is 0 Å². The molecule has 78 valence electrons. The van der Waals surface area contributed by atoms with E-state index in [1.54, 1.807) is 6.20 Å². The maximum atomic E-state index is 5.09. The van der Waals surface area contributed by atoms with E-state index in [9.17, 15) is 0 Å². The van der Waals surface area contributed by atoms with E-state index in [0.717, 1.165) is 22.8 Å². The van der Waals surface area contributed by atoms with Crippen LogP contribution in [-0.4, -0.2) is 10.1 Å². The second-order valence-corrected chi connectivity index (χ2v) is 3.47. The molecular weight excluding hydrogens is 190 g/mol. The van der Waals surface area contributed by atoms with Gasteiger partial charge in [0.25, 0.3) is 0 Å². The van der Waals surface area contributed by atoms with Gasteiger partial charge in [-0.15, -0.1) is 0 Å². The lowest BCUT2D eigenvalue weighted by Gasteiger charge is -2.03. The van der Waals surface area contributed by atoms with Gasteiger partial charge in [-0.1, -0.05) is 5.16 Å². The van der Waals surface area contributed by atoms with Crippen LogP contribution in [0.25, 0.3) is 0 Å². The zero-order valence-corrected chi connectivity index (χ0v) is 8.82. The lowest BCUT2D eigenvalue weighted by atomic mass is 10.3. The molecule has 4 heteroatoms. The van der Waals surface area contributed by atoms with Gasteiger partial charge < -0.3 is 9.84 Å². The van der Waals surface area contributed by atoms with Gasteiger partial charge in [0.15, 0.2) is 5.76 Å². The summed E-state index contributed by atoms with van der Waals surface area (Å²) in [6.07, 6.45) is 1.78. The first kappa shape index (κ1) is 9.71. The molecule has 0 unspecified atom stereocenters. The van der Waals surface area contributed by atoms with Crippen LogP contribution < -0.4 is 5.32 Å². The Balaban J connectivity index is 1.99. The van der Waals surface area contributed by atoms with Crippen molar-refractivity contribution in [3.8, 4) is 0 Å². The lowest BCUT2D eigenvalue weighted by molar-refractivity contribution is 0.384. The number of aryl methyl sites for hydroxylation is 2. The van der Waals surface area contributed by atoms with Crippen LogP contribution in [0.3, 0.4) is 0 Å². The van der Waals surface area contributed by atoms with Gasteiger partial charge in [0.2, 0.25) is 0 Å². The Bertz CT molecular complexity index is 451. The number of nitrogens with one attached hydrogen (secondary N) is 1. The molecule has 2 rings (SSSR count). The maximum Gasteiger partial charge on any atom is 0.156 e. The minimum Gasteiger partial charge on any atom is -0.378 e. The van der Waals surface area contributed by atoms with Gasteiger partial charge >= 0.3 is 0 Å². The van der Waals surface area contributed by atoms with Crippen LogP contribution in [0.15, 0.2) is 28.9 Å². The second kappa shape index (κ2) is 4.13. The Morgan fingerprint density at radius 1 is 1.27 bits per heavy atom. The predicted octanol–water partition coefficient (Wildman–Crippen LogP) is 2.30. The average molecular weight is 203 g/mol. The van der Waals surface area contributed by atoms with Crippen LogP contribution in [0.5, 0.6) is 0 Å². The van der Waals surface area contributed by atoms with Crippen molar-refractivity contribution in [1.82, 2.24) is 10.1 Å². The van der Waals surface area contributed by atoms with Gasteiger partial charge in [0.1, 0.15) is 0 Å². The Morgan fingerprint density at radius 2 is 2.13 bits per heavy atom. The predicted molar refractivity (Wildman–Crippen MR) is 57.5 cm³/mol. The van der Waals surface area contributed by atoms with Crippen molar-refractivity contribution in [2.75, 3.05) is 5.32 Å². The fraction of sp³-hybridized carbons (Fsp3) is 0.273. The third-order valence-electron chi connectivity index (χ3n) is 2.04. The first-order chi connectivity index (χ1) is 7.24.